The smallest absolute Gasteiger partial charge is 0.211 e. The summed E-state index contributed by atoms with van der Waals surface area (Å²) in [6.45, 7) is 1.55. The number of hydrogen-bond donors (Lipinski definition) is 0. The summed E-state index contributed by atoms with van der Waals surface area (Å²) in [6.07, 6.45) is 2.53. The Bertz CT molecular complexity index is 381. The van der Waals surface area contributed by atoms with Crippen molar-refractivity contribution in [1.29, 1.82) is 0 Å². The molecule has 0 unspecified atom stereocenters. The molecule has 0 amide bonds. The van der Waals surface area contributed by atoms with Crippen LogP contribution in [0.25, 0.3) is 0 Å². The van der Waals surface area contributed by atoms with Crippen LogP contribution in [0.2, 0.25) is 0 Å². The minimum absolute atomic E-state index is 0.128. The fraction of sp³-hybridized carbons (Fsp3) is 0.167. The lowest BCUT2D eigenvalue weighted by Gasteiger charge is -1.92. The summed E-state index contributed by atoms with van der Waals surface area (Å²) in [7, 11) is 0. The van der Waals surface area contributed by atoms with E-state index in [0.717, 1.165) is 0 Å². The molecule has 1 aromatic rings. The van der Waals surface area contributed by atoms with Crippen LogP contribution in [-0.4, -0.2) is 27.1 Å². The fourth-order valence-corrected chi connectivity index (χ4v) is 0.636. The Morgan fingerprint density at radius 2 is 1.46 bits per heavy atom. The predicted molar refractivity (Wildman–Crippen MR) is 40.1 cm³/mol. The number of aliphatic imine (C=N–C) groups is 2. The average Bonchev–Trinajstić information content (AvgIpc) is 2.04. The van der Waals surface area contributed by atoms with E-state index in [1.54, 1.807) is 6.92 Å². The van der Waals surface area contributed by atoms with Crippen molar-refractivity contribution >= 4 is 24.1 Å². The second-order valence-electron chi connectivity index (χ2n) is 1.89. The fourth-order valence-electron chi connectivity index (χ4n) is 0.636. The van der Waals surface area contributed by atoms with Gasteiger partial charge in [-0.2, -0.15) is 15.0 Å². The lowest BCUT2D eigenvalue weighted by atomic mass is 10.7. The molecule has 7 heteroatoms. The highest BCUT2D eigenvalue weighted by atomic mass is 16.1. The van der Waals surface area contributed by atoms with Gasteiger partial charge in [-0.3, -0.25) is 0 Å². The molecule has 0 saturated carbocycles. The molecule has 0 aliphatic rings. The van der Waals surface area contributed by atoms with Crippen molar-refractivity contribution in [2.75, 3.05) is 0 Å². The van der Waals surface area contributed by atoms with E-state index >= 15 is 0 Å². The zero-order valence-electron chi connectivity index (χ0n) is 6.55. The summed E-state index contributed by atoms with van der Waals surface area (Å²) in [4.78, 5) is 36.9. The van der Waals surface area contributed by atoms with Gasteiger partial charge >= 0.3 is 0 Å². The van der Waals surface area contributed by atoms with Gasteiger partial charge in [0, 0.05) is 0 Å². The van der Waals surface area contributed by atoms with Crippen LogP contribution in [0.15, 0.2) is 9.98 Å². The highest BCUT2D eigenvalue weighted by molar-refractivity contribution is 5.44. The summed E-state index contributed by atoms with van der Waals surface area (Å²) in [5.74, 6) is 0.0472. The van der Waals surface area contributed by atoms with E-state index in [-0.39, 0.29) is 11.9 Å². The van der Waals surface area contributed by atoms with Crippen LogP contribution < -0.4 is 0 Å². The Kier molecular flexibility index (Phi) is 2.70. The van der Waals surface area contributed by atoms with Crippen molar-refractivity contribution in [2.24, 2.45) is 9.98 Å². The molecule has 1 rings (SSSR count). The first kappa shape index (κ1) is 8.86. The van der Waals surface area contributed by atoms with Gasteiger partial charge in [0.15, 0.2) is 0 Å². The summed E-state index contributed by atoms with van der Waals surface area (Å²) in [5, 5.41) is 0. The first-order chi connectivity index (χ1) is 6.26. The topological polar surface area (TPSA) is 97.5 Å². The average molecular weight is 177 g/mol. The molecule has 0 bridgehead atoms. The standard InChI is InChI=1S/C6H3N5O2/c1-4-9-5(7-2-12)11-6(10-4)8-3-13/h1H3. The molecule has 1 aromatic heterocycles. The monoisotopic (exact) mass is 177 g/mol. The van der Waals surface area contributed by atoms with Gasteiger partial charge in [-0.15, -0.1) is 9.98 Å². The number of hydrogen-bond acceptors (Lipinski definition) is 7. The largest absolute Gasteiger partial charge is 0.265 e. The Hall–Kier alpha value is -2.23. The molecule has 0 fully saturated rings. The second-order valence-corrected chi connectivity index (χ2v) is 1.89. The molecule has 0 saturated heterocycles. The van der Waals surface area contributed by atoms with Gasteiger partial charge in [0.1, 0.15) is 5.82 Å². The second kappa shape index (κ2) is 3.96. The van der Waals surface area contributed by atoms with Gasteiger partial charge in [0.05, 0.1) is 0 Å². The number of rotatable bonds is 2. The SMILES string of the molecule is Cc1nc(N=C=O)nc(N=C=O)n1. The zero-order valence-corrected chi connectivity index (χ0v) is 6.55. The van der Waals surface area contributed by atoms with Gasteiger partial charge in [-0.1, -0.05) is 0 Å². The van der Waals surface area contributed by atoms with Crippen molar-refractivity contribution in [3.05, 3.63) is 5.82 Å². The third kappa shape index (κ3) is 2.37. The Balaban J connectivity index is 3.25. The number of nitrogens with zero attached hydrogens (tertiary/aromatic N) is 5. The maximum absolute atomic E-state index is 9.85. The minimum Gasteiger partial charge on any atom is -0.211 e. The predicted octanol–water partition coefficient (Wildman–Crippen LogP) is 0.115. The molecule has 64 valence electrons. The molecule has 0 radical (unpaired) electrons. The third-order valence-electron chi connectivity index (χ3n) is 1.01. The van der Waals surface area contributed by atoms with Crippen LogP contribution >= 0.6 is 0 Å². The van der Waals surface area contributed by atoms with Crippen molar-refractivity contribution in [3.63, 3.8) is 0 Å². The molecule has 0 aliphatic carbocycles. The first-order valence-electron chi connectivity index (χ1n) is 3.14. The van der Waals surface area contributed by atoms with Gasteiger partial charge in [0.2, 0.25) is 12.2 Å². The first-order valence-corrected chi connectivity index (χ1v) is 3.14. The molecule has 13 heavy (non-hydrogen) atoms. The van der Waals surface area contributed by atoms with Crippen molar-refractivity contribution in [1.82, 2.24) is 15.0 Å². The van der Waals surface area contributed by atoms with E-state index < -0.39 is 0 Å². The summed E-state index contributed by atoms with van der Waals surface area (Å²) in [5.41, 5.74) is 0. The van der Waals surface area contributed by atoms with Gasteiger partial charge in [-0.05, 0) is 6.92 Å². The zero-order chi connectivity index (χ0) is 9.68. The minimum atomic E-state index is -0.128. The van der Waals surface area contributed by atoms with Crippen LogP contribution in [0.5, 0.6) is 0 Å². The number of aromatic nitrogens is 3. The Morgan fingerprint density at radius 1 is 1.00 bits per heavy atom. The highest BCUT2D eigenvalue weighted by Gasteiger charge is 2.00. The lowest BCUT2D eigenvalue weighted by Crippen LogP contribution is -1.90. The van der Waals surface area contributed by atoms with Crippen LogP contribution in [-0.2, 0) is 9.59 Å². The quantitative estimate of drug-likeness (QED) is 0.471. The summed E-state index contributed by atoms with van der Waals surface area (Å²) in [6, 6.07) is 0. The molecule has 7 nitrogen and oxygen atoms in total. The van der Waals surface area contributed by atoms with Crippen LogP contribution in [0.4, 0.5) is 11.9 Å². The molecular weight excluding hydrogens is 174 g/mol. The number of isocyanates is 2. The van der Waals surface area contributed by atoms with Crippen molar-refractivity contribution in [3.8, 4) is 0 Å². The van der Waals surface area contributed by atoms with E-state index in [1.165, 1.54) is 12.2 Å². The van der Waals surface area contributed by atoms with E-state index in [2.05, 4.69) is 24.9 Å². The molecule has 0 atom stereocenters. The summed E-state index contributed by atoms with van der Waals surface area (Å²) >= 11 is 0. The van der Waals surface area contributed by atoms with Crippen molar-refractivity contribution in [2.45, 2.75) is 6.92 Å². The van der Waals surface area contributed by atoms with E-state index in [0.29, 0.717) is 5.82 Å². The van der Waals surface area contributed by atoms with Gasteiger partial charge in [-0.25, -0.2) is 9.59 Å². The number of carbonyl (C=O) groups excluding carboxylic acids is 2. The van der Waals surface area contributed by atoms with Crippen LogP contribution in [0.1, 0.15) is 5.82 Å². The maximum atomic E-state index is 9.85. The van der Waals surface area contributed by atoms with Gasteiger partial charge < -0.3 is 0 Å². The highest BCUT2D eigenvalue weighted by Crippen LogP contribution is 2.08. The van der Waals surface area contributed by atoms with Crippen LogP contribution in [0, 0.1) is 6.92 Å². The molecule has 0 aliphatic heterocycles. The Morgan fingerprint density at radius 3 is 1.85 bits per heavy atom. The van der Waals surface area contributed by atoms with E-state index in [1.807, 2.05) is 0 Å². The summed E-state index contributed by atoms with van der Waals surface area (Å²) < 4.78 is 0. The number of aryl methyl sites for hydroxylation is 1. The van der Waals surface area contributed by atoms with Gasteiger partial charge in [0.25, 0.3) is 11.9 Å². The molecular formula is C6H3N5O2. The Labute approximate surface area is 72.3 Å². The molecule has 1 heterocycles. The molecule has 0 aromatic carbocycles. The third-order valence-corrected chi connectivity index (χ3v) is 1.01. The van der Waals surface area contributed by atoms with E-state index in [9.17, 15) is 9.59 Å². The van der Waals surface area contributed by atoms with Crippen molar-refractivity contribution < 1.29 is 9.59 Å². The van der Waals surface area contributed by atoms with E-state index in [4.69, 9.17) is 0 Å². The maximum Gasteiger partial charge on any atom is 0.265 e. The molecule has 0 spiro atoms. The normalized spacial score (nSPS) is 8.38. The lowest BCUT2D eigenvalue weighted by molar-refractivity contribution is 0.564. The molecule has 0 N–H and O–H groups in total. The van der Waals surface area contributed by atoms with Crippen LogP contribution in [0.3, 0.4) is 0 Å².